The first kappa shape index (κ1) is 31.0. The number of rotatable bonds is 6. The predicted octanol–water partition coefficient (Wildman–Crippen LogP) is 6.18. The molecule has 2 N–H and O–H groups in total. The maximum Gasteiger partial charge on any atom is 0.264 e. The first-order valence-electron chi connectivity index (χ1n) is 16.1. The maximum atomic E-state index is 13.8. The number of likely N-dealkylation sites (tertiary alicyclic amines) is 1. The first-order valence-corrected chi connectivity index (χ1v) is 17.6. The molecule has 1 aliphatic carbocycles. The number of aliphatic hydroxyl groups is 1. The molecule has 2 aliphatic heterocycles. The highest BCUT2D eigenvalue weighted by molar-refractivity contribution is 7.92. The van der Waals surface area contributed by atoms with Gasteiger partial charge < -0.3 is 14.7 Å². The van der Waals surface area contributed by atoms with Crippen LogP contribution < -0.4 is 9.46 Å². The lowest BCUT2D eigenvalue weighted by Crippen LogP contribution is -2.50. The molecule has 8 nitrogen and oxygen atoms in total. The highest BCUT2D eigenvalue weighted by Crippen LogP contribution is 2.59. The summed E-state index contributed by atoms with van der Waals surface area (Å²) in [4.78, 5) is 11.8. The van der Waals surface area contributed by atoms with Gasteiger partial charge in [0.2, 0.25) is 11.8 Å². The van der Waals surface area contributed by atoms with Crippen LogP contribution in [-0.2, 0) is 10.0 Å². The van der Waals surface area contributed by atoms with Crippen molar-refractivity contribution in [3.63, 3.8) is 0 Å². The van der Waals surface area contributed by atoms with Crippen molar-refractivity contribution < 1.29 is 18.3 Å². The summed E-state index contributed by atoms with van der Waals surface area (Å²) in [5.41, 5.74) is 5.11. The number of nitrogens with zero attached hydrogens (tertiary/aromatic N) is 3. The molecule has 0 radical (unpaired) electrons. The number of aromatic nitrogens is 2. The zero-order chi connectivity index (χ0) is 31.1. The number of fused-ring (bicyclic) bond motifs is 4. The third kappa shape index (κ3) is 6.37. The monoisotopic (exact) mass is 618 g/mol. The Labute approximate surface area is 262 Å². The van der Waals surface area contributed by atoms with Crippen LogP contribution in [0.25, 0.3) is 11.3 Å². The topological polar surface area (TPSA) is 105 Å². The molecule has 1 saturated heterocycles. The van der Waals surface area contributed by atoms with Crippen molar-refractivity contribution >= 4 is 16.0 Å². The molecule has 1 spiro atoms. The van der Waals surface area contributed by atoms with Crippen LogP contribution in [0.4, 0.5) is 5.95 Å². The quantitative estimate of drug-likeness (QED) is 0.340. The molecule has 9 heteroatoms. The lowest BCUT2D eigenvalue weighted by molar-refractivity contribution is -0.0385. The van der Waals surface area contributed by atoms with E-state index in [4.69, 9.17) is 4.74 Å². The third-order valence-corrected chi connectivity index (χ3v) is 11.5. The second-order valence-electron chi connectivity index (χ2n) is 13.8. The molecular weight excluding hydrogens is 572 g/mol. The molecule has 1 saturated carbocycles. The Bertz CT molecular complexity index is 1570. The molecule has 2 aromatic carbocycles. The number of aliphatic hydroxyl groups excluding tert-OH is 1. The molecule has 44 heavy (non-hydrogen) atoms. The molecule has 3 aromatic rings. The minimum Gasteiger partial charge on any atom is -0.477 e. The van der Waals surface area contributed by atoms with Crippen molar-refractivity contribution in [2.75, 3.05) is 37.6 Å². The summed E-state index contributed by atoms with van der Waals surface area (Å²) < 4.78 is 36.7. The number of hydrogen-bond acceptors (Lipinski definition) is 7. The van der Waals surface area contributed by atoms with Crippen LogP contribution in [0.1, 0.15) is 68.6 Å². The Morgan fingerprint density at radius 3 is 2.43 bits per heavy atom. The Morgan fingerprint density at radius 1 is 1.05 bits per heavy atom. The molecule has 0 amide bonds. The van der Waals surface area contributed by atoms with E-state index < -0.39 is 10.0 Å². The van der Waals surface area contributed by atoms with Gasteiger partial charge in [-0.1, -0.05) is 44.2 Å². The lowest BCUT2D eigenvalue weighted by Gasteiger charge is -2.55. The van der Waals surface area contributed by atoms with Gasteiger partial charge in [-0.3, -0.25) is 0 Å². The number of anilines is 1. The molecule has 2 fully saturated rings. The molecule has 1 unspecified atom stereocenters. The molecule has 3 aliphatic rings. The van der Waals surface area contributed by atoms with E-state index in [1.165, 1.54) is 0 Å². The maximum absolute atomic E-state index is 13.8. The fourth-order valence-corrected chi connectivity index (χ4v) is 9.11. The van der Waals surface area contributed by atoms with Crippen molar-refractivity contribution in [2.45, 2.75) is 70.6 Å². The van der Waals surface area contributed by atoms with Crippen molar-refractivity contribution in [3.05, 3.63) is 65.2 Å². The molecule has 6 rings (SSSR count). The highest BCUT2D eigenvalue weighted by atomic mass is 32.2. The van der Waals surface area contributed by atoms with Gasteiger partial charge in [0.05, 0.1) is 23.8 Å². The van der Waals surface area contributed by atoms with Gasteiger partial charge in [-0.05, 0) is 111 Å². The summed E-state index contributed by atoms with van der Waals surface area (Å²) in [5, 5.41) is 9.40. The predicted molar refractivity (Wildman–Crippen MR) is 173 cm³/mol. The van der Waals surface area contributed by atoms with Crippen LogP contribution in [0.5, 0.6) is 5.88 Å². The van der Waals surface area contributed by atoms with Crippen LogP contribution in [-0.4, -0.2) is 61.2 Å². The summed E-state index contributed by atoms with van der Waals surface area (Å²) in [7, 11) is -3.94. The second kappa shape index (κ2) is 12.4. The van der Waals surface area contributed by atoms with Gasteiger partial charge in [0.1, 0.15) is 0 Å². The number of ether oxygens (including phenoxy) is 1. The fourth-order valence-electron chi connectivity index (χ4n) is 8.11. The van der Waals surface area contributed by atoms with E-state index in [1.54, 1.807) is 6.07 Å². The lowest BCUT2D eigenvalue weighted by atomic mass is 9.52. The summed E-state index contributed by atoms with van der Waals surface area (Å²) in [6.45, 7) is 12.1. The second-order valence-corrected chi connectivity index (χ2v) is 15.5. The van der Waals surface area contributed by atoms with Crippen LogP contribution in [0.2, 0.25) is 0 Å². The number of sulfonamides is 1. The van der Waals surface area contributed by atoms with E-state index in [1.807, 2.05) is 50.2 Å². The SMILES string of the molecule is Cc1cccc(C)c1-c1cc2nc(n1)NS(=O)(=O)c1cccc(c1)C(C1CC3(CCN(CCO)CC3)C1)[C@H](CC(C)C)CO2. The zero-order valence-electron chi connectivity index (χ0n) is 26.4. The molecule has 1 aromatic heterocycles. The Morgan fingerprint density at radius 2 is 1.75 bits per heavy atom. The summed E-state index contributed by atoms with van der Waals surface area (Å²) in [6.07, 6.45) is 5.57. The molecule has 236 valence electrons. The first-order chi connectivity index (χ1) is 21.1. The summed E-state index contributed by atoms with van der Waals surface area (Å²) in [6, 6.07) is 15.4. The van der Waals surface area contributed by atoms with Crippen LogP contribution >= 0.6 is 0 Å². The summed E-state index contributed by atoms with van der Waals surface area (Å²) in [5.74, 6) is 1.66. The average molecular weight is 619 g/mol. The number of hydrogen-bond donors (Lipinski definition) is 2. The van der Waals surface area contributed by atoms with Crippen molar-refractivity contribution in [2.24, 2.45) is 23.2 Å². The van der Waals surface area contributed by atoms with E-state index in [0.29, 0.717) is 35.4 Å². The third-order valence-electron chi connectivity index (χ3n) is 10.2. The molecular formula is C35H46N4O4S. The number of piperidine rings is 1. The van der Waals surface area contributed by atoms with E-state index in [9.17, 15) is 13.5 Å². The minimum absolute atomic E-state index is 0.0107. The molecule has 4 bridgehead atoms. The van der Waals surface area contributed by atoms with Crippen LogP contribution in [0.3, 0.4) is 0 Å². The van der Waals surface area contributed by atoms with E-state index >= 15 is 0 Å². The molecule has 3 heterocycles. The number of benzene rings is 2. The standard InChI is InChI=1S/C35H46N4O4S/c1-23(2)17-27-22-43-31-19-30(32-24(3)7-5-8-25(32)4)36-34(37-31)38-44(41,42)29-10-6-9-26(18-29)33(27)28-20-35(21-28)11-13-39(14-12-35)15-16-40/h5-10,18-19,23,27-28,33,40H,11-17,20-22H2,1-4H3,(H,36,37,38)/t27-,33?/m1/s1. The van der Waals surface area contributed by atoms with E-state index in [2.05, 4.69) is 39.5 Å². The van der Waals surface area contributed by atoms with Crippen molar-refractivity contribution in [3.8, 4) is 17.1 Å². The smallest absolute Gasteiger partial charge is 0.264 e. The number of nitrogens with one attached hydrogen (secondary N) is 1. The molecule has 2 atom stereocenters. The summed E-state index contributed by atoms with van der Waals surface area (Å²) >= 11 is 0. The van der Waals surface area contributed by atoms with Gasteiger partial charge in [-0.2, -0.15) is 4.98 Å². The van der Waals surface area contributed by atoms with Crippen molar-refractivity contribution in [1.82, 2.24) is 14.9 Å². The van der Waals surface area contributed by atoms with Gasteiger partial charge in [0.15, 0.2) is 0 Å². The van der Waals surface area contributed by atoms with Gasteiger partial charge >= 0.3 is 0 Å². The van der Waals surface area contributed by atoms with Gasteiger partial charge in [-0.25, -0.2) is 18.1 Å². The van der Waals surface area contributed by atoms with Crippen LogP contribution in [0, 0.1) is 37.0 Å². The van der Waals surface area contributed by atoms with Gasteiger partial charge in [0.25, 0.3) is 10.0 Å². The van der Waals surface area contributed by atoms with Crippen LogP contribution in [0.15, 0.2) is 53.4 Å². The van der Waals surface area contributed by atoms with E-state index in [-0.39, 0.29) is 29.3 Å². The van der Waals surface area contributed by atoms with Gasteiger partial charge in [0, 0.05) is 24.1 Å². The minimum atomic E-state index is -3.94. The Kier molecular flexibility index (Phi) is 8.74. The van der Waals surface area contributed by atoms with Gasteiger partial charge in [-0.15, -0.1) is 0 Å². The Hall–Kier alpha value is -3.01. The fraction of sp³-hybridized carbons (Fsp3) is 0.543. The largest absolute Gasteiger partial charge is 0.477 e. The number of aryl methyl sites for hydroxylation is 2. The average Bonchev–Trinajstić information content (AvgIpc) is 2.95. The highest BCUT2D eigenvalue weighted by Gasteiger charge is 2.50. The zero-order valence-corrected chi connectivity index (χ0v) is 27.2. The van der Waals surface area contributed by atoms with Crippen molar-refractivity contribution in [1.29, 1.82) is 0 Å². The Balaban J connectivity index is 1.38. The van der Waals surface area contributed by atoms with E-state index in [0.717, 1.165) is 74.0 Å². The number of β-amino-alcohol motifs (C(OH)–C–C–N with tert-alkyl or cyclic N) is 1. The normalized spacial score (nSPS) is 23.2.